The quantitative estimate of drug-likeness (QED) is 0.765. The molecule has 0 bridgehead atoms. The second kappa shape index (κ2) is 5.19. The molecular formula is C11H19N3OS. The summed E-state index contributed by atoms with van der Waals surface area (Å²) in [5, 5.41) is 8.94. The SMILES string of the molecule is COCC(C)SCc1nnc(C)n1C1CC1. The number of ether oxygens (including phenoxy) is 1. The van der Waals surface area contributed by atoms with Gasteiger partial charge in [0, 0.05) is 18.4 Å². The molecule has 1 aliphatic rings. The number of thioether (sulfide) groups is 1. The monoisotopic (exact) mass is 241 g/mol. The van der Waals surface area contributed by atoms with E-state index in [1.54, 1.807) is 7.11 Å². The molecule has 1 fully saturated rings. The molecule has 0 radical (unpaired) electrons. The number of hydrogen-bond donors (Lipinski definition) is 0. The van der Waals surface area contributed by atoms with Crippen molar-refractivity contribution in [3.63, 3.8) is 0 Å². The third-order valence-electron chi connectivity index (χ3n) is 2.75. The van der Waals surface area contributed by atoms with Gasteiger partial charge in [0.15, 0.2) is 0 Å². The van der Waals surface area contributed by atoms with E-state index in [0.717, 1.165) is 24.0 Å². The topological polar surface area (TPSA) is 39.9 Å². The number of aryl methyl sites for hydroxylation is 1. The van der Waals surface area contributed by atoms with Crippen LogP contribution < -0.4 is 0 Å². The minimum absolute atomic E-state index is 0.509. The second-order valence-corrected chi connectivity index (χ2v) is 5.77. The second-order valence-electron chi connectivity index (χ2n) is 4.34. The highest BCUT2D eigenvalue weighted by Crippen LogP contribution is 2.37. The minimum Gasteiger partial charge on any atom is -0.384 e. The molecule has 4 nitrogen and oxygen atoms in total. The summed E-state index contributed by atoms with van der Waals surface area (Å²) < 4.78 is 7.42. The molecule has 2 rings (SSSR count). The van der Waals surface area contributed by atoms with Crippen LogP contribution in [0.2, 0.25) is 0 Å². The van der Waals surface area contributed by atoms with Gasteiger partial charge in [-0.25, -0.2) is 0 Å². The van der Waals surface area contributed by atoms with Crippen LogP contribution in [-0.4, -0.2) is 33.7 Å². The first-order valence-electron chi connectivity index (χ1n) is 5.73. The Bertz CT molecular complexity index is 349. The van der Waals surface area contributed by atoms with Gasteiger partial charge in [0.25, 0.3) is 0 Å². The Labute approximate surface area is 101 Å². The molecule has 1 saturated carbocycles. The standard InChI is InChI=1S/C11H19N3OS/c1-8(6-15-3)16-7-11-13-12-9(2)14(11)10-4-5-10/h8,10H,4-7H2,1-3H3. The molecule has 0 aromatic carbocycles. The molecule has 0 aliphatic heterocycles. The Balaban J connectivity index is 1.93. The molecule has 0 spiro atoms. The Hall–Kier alpha value is -0.550. The fraction of sp³-hybridized carbons (Fsp3) is 0.818. The van der Waals surface area contributed by atoms with E-state index in [2.05, 4.69) is 21.7 Å². The number of hydrogen-bond acceptors (Lipinski definition) is 4. The Morgan fingerprint density at radius 3 is 2.88 bits per heavy atom. The average Bonchev–Trinajstić information content (AvgIpc) is 3.01. The first-order chi connectivity index (χ1) is 7.72. The van der Waals surface area contributed by atoms with Crippen LogP contribution in [0.4, 0.5) is 0 Å². The van der Waals surface area contributed by atoms with Crippen LogP contribution in [0.3, 0.4) is 0 Å². The van der Waals surface area contributed by atoms with Crippen molar-refractivity contribution in [1.29, 1.82) is 0 Å². The van der Waals surface area contributed by atoms with Gasteiger partial charge in [-0.2, -0.15) is 0 Å². The van der Waals surface area contributed by atoms with E-state index < -0.39 is 0 Å². The fourth-order valence-corrected chi connectivity index (χ4v) is 2.68. The maximum absolute atomic E-state index is 5.12. The van der Waals surface area contributed by atoms with Crippen LogP contribution in [0.25, 0.3) is 0 Å². The molecule has 16 heavy (non-hydrogen) atoms. The fourth-order valence-electron chi connectivity index (χ4n) is 1.82. The molecule has 1 aromatic rings. The molecule has 1 unspecified atom stereocenters. The van der Waals surface area contributed by atoms with Crippen molar-refractivity contribution in [2.75, 3.05) is 13.7 Å². The predicted molar refractivity (Wildman–Crippen MR) is 65.7 cm³/mol. The summed E-state index contributed by atoms with van der Waals surface area (Å²) in [6, 6.07) is 0.670. The van der Waals surface area contributed by atoms with Crippen molar-refractivity contribution in [2.24, 2.45) is 0 Å². The largest absolute Gasteiger partial charge is 0.384 e. The lowest BCUT2D eigenvalue weighted by Crippen LogP contribution is -2.08. The lowest BCUT2D eigenvalue weighted by molar-refractivity contribution is 0.203. The summed E-state index contributed by atoms with van der Waals surface area (Å²) >= 11 is 1.88. The summed E-state index contributed by atoms with van der Waals surface area (Å²) in [6.07, 6.45) is 2.56. The van der Waals surface area contributed by atoms with Gasteiger partial charge in [0.2, 0.25) is 0 Å². The van der Waals surface area contributed by atoms with Gasteiger partial charge in [-0.05, 0) is 19.8 Å². The van der Waals surface area contributed by atoms with Crippen molar-refractivity contribution in [2.45, 2.75) is 43.7 Å². The molecule has 90 valence electrons. The molecule has 1 heterocycles. The summed E-state index contributed by atoms with van der Waals surface area (Å²) in [5.74, 6) is 3.10. The molecule has 1 aliphatic carbocycles. The van der Waals surface area contributed by atoms with Gasteiger partial charge in [-0.3, -0.25) is 0 Å². The molecule has 1 aromatic heterocycles. The van der Waals surface area contributed by atoms with Gasteiger partial charge in [0.05, 0.1) is 12.4 Å². The van der Waals surface area contributed by atoms with E-state index in [0.29, 0.717) is 11.3 Å². The van der Waals surface area contributed by atoms with Crippen LogP contribution >= 0.6 is 11.8 Å². The lowest BCUT2D eigenvalue weighted by atomic mass is 10.5. The maximum atomic E-state index is 5.12. The number of nitrogens with zero attached hydrogens (tertiary/aromatic N) is 3. The predicted octanol–water partition coefficient (Wildman–Crippen LogP) is 2.19. The van der Waals surface area contributed by atoms with Gasteiger partial charge >= 0.3 is 0 Å². The molecule has 0 saturated heterocycles. The van der Waals surface area contributed by atoms with E-state index >= 15 is 0 Å². The highest BCUT2D eigenvalue weighted by molar-refractivity contribution is 7.99. The average molecular weight is 241 g/mol. The van der Waals surface area contributed by atoms with Gasteiger partial charge in [0.1, 0.15) is 11.6 Å². The lowest BCUT2D eigenvalue weighted by Gasteiger charge is -2.10. The highest BCUT2D eigenvalue weighted by atomic mass is 32.2. The Morgan fingerprint density at radius 1 is 1.50 bits per heavy atom. The zero-order valence-corrected chi connectivity index (χ0v) is 11.0. The highest BCUT2D eigenvalue weighted by Gasteiger charge is 2.28. The smallest absolute Gasteiger partial charge is 0.143 e. The van der Waals surface area contributed by atoms with Crippen LogP contribution in [0.5, 0.6) is 0 Å². The Morgan fingerprint density at radius 2 is 2.25 bits per heavy atom. The third kappa shape index (κ3) is 2.77. The van der Waals surface area contributed by atoms with Crippen LogP contribution in [-0.2, 0) is 10.5 Å². The number of aromatic nitrogens is 3. The van der Waals surface area contributed by atoms with E-state index in [-0.39, 0.29) is 0 Å². The van der Waals surface area contributed by atoms with Crippen molar-refractivity contribution >= 4 is 11.8 Å². The van der Waals surface area contributed by atoms with Gasteiger partial charge < -0.3 is 9.30 Å². The van der Waals surface area contributed by atoms with Crippen LogP contribution in [0.15, 0.2) is 0 Å². The van der Waals surface area contributed by atoms with Gasteiger partial charge in [-0.1, -0.05) is 6.92 Å². The molecular weight excluding hydrogens is 222 g/mol. The number of rotatable bonds is 6. The maximum Gasteiger partial charge on any atom is 0.143 e. The van der Waals surface area contributed by atoms with Crippen molar-refractivity contribution < 1.29 is 4.74 Å². The van der Waals surface area contributed by atoms with Crippen LogP contribution in [0.1, 0.15) is 37.5 Å². The Kier molecular flexibility index (Phi) is 3.86. The number of methoxy groups -OCH3 is 1. The zero-order chi connectivity index (χ0) is 11.5. The van der Waals surface area contributed by atoms with Gasteiger partial charge in [-0.15, -0.1) is 22.0 Å². The van der Waals surface area contributed by atoms with E-state index in [4.69, 9.17) is 4.74 Å². The van der Waals surface area contributed by atoms with E-state index in [1.165, 1.54) is 12.8 Å². The normalized spacial score (nSPS) is 17.7. The third-order valence-corrected chi connectivity index (χ3v) is 3.88. The van der Waals surface area contributed by atoms with Crippen LogP contribution in [0, 0.1) is 6.92 Å². The van der Waals surface area contributed by atoms with Crippen molar-refractivity contribution in [1.82, 2.24) is 14.8 Å². The molecule has 0 amide bonds. The summed E-state index contributed by atoms with van der Waals surface area (Å²) in [7, 11) is 1.74. The van der Waals surface area contributed by atoms with E-state index in [1.807, 2.05) is 18.7 Å². The van der Waals surface area contributed by atoms with E-state index in [9.17, 15) is 0 Å². The minimum atomic E-state index is 0.509. The molecule has 1 atom stereocenters. The summed E-state index contributed by atoms with van der Waals surface area (Å²) in [5.41, 5.74) is 0. The van der Waals surface area contributed by atoms with Crippen molar-refractivity contribution in [3.05, 3.63) is 11.6 Å². The summed E-state index contributed by atoms with van der Waals surface area (Å²) in [6.45, 7) is 5.01. The van der Waals surface area contributed by atoms with Crippen molar-refractivity contribution in [3.8, 4) is 0 Å². The molecule has 0 N–H and O–H groups in total. The molecule has 5 heteroatoms. The first kappa shape index (κ1) is 11.9. The summed E-state index contributed by atoms with van der Waals surface area (Å²) in [4.78, 5) is 0. The zero-order valence-electron chi connectivity index (χ0n) is 10.1. The first-order valence-corrected chi connectivity index (χ1v) is 6.78.